The molecule has 0 fully saturated rings. The largest absolute Gasteiger partial charge is 0.489 e. The van der Waals surface area contributed by atoms with Crippen LogP contribution < -0.4 is 10.2 Å². The van der Waals surface area contributed by atoms with E-state index in [1.807, 2.05) is 47.1 Å². The van der Waals surface area contributed by atoms with Crippen LogP contribution in [-0.4, -0.2) is 14.9 Å². The van der Waals surface area contributed by atoms with Crippen LogP contribution in [0.2, 0.25) is 5.02 Å². The van der Waals surface area contributed by atoms with E-state index in [2.05, 4.69) is 38.5 Å². The summed E-state index contributed by atoms with van der Waals surface area (Å²) in [5.41, 5.74) is 5.41. The third-order valence-corrected chi connectivity index (χ3v) is 4.99. The highest BCUT2D eigenvalue weighted by Gasteiger charge is 2.09. The van der Waals surface area contributed by atoms with Gasteiger partial charge in [-0.05, 0) is 54.5 Å². The molecule has 0 spiro atoms. The summed E-state index contributed by atoms with van der Waals surface area (Å²) < 4.78 is 9.40. The zero-order valence-corrected chi connectivity index (χ0v) is 18.0. The van der Waals surface area contributed by atoms with Crippen LogP contribution in [0.5, 0.6) is 5.75 Å². The molecule has 0 aliphatic carbocycles. The summed E-state index contributed by atoms with van der Waals surface area (Å²) in [7, 11) is 0. The molecule has 5 nitrogen and oxygen atoms in total. The quantitative estimate of drug-likeness (QED) is 0.421. The summed E-state index contributed by atoms with van der Waals surface area (Å²) in [6.45, 7) is 3.14. The topological polar surface area (TPSA) is 54.9 Å². The maximum absolute atomic E-state index is 6.03. The Labute approximate surface area is 176 Å². The van der Waals surface area contributed by atoms with Gasteiger partial charge in [-0.15, -0.1) is 0 Å². The van der Waals surface area contributed by atoms with Gasteiger partial charge in [0.2, 0.25) is 4.77 Å². The van der Waals surface area contributed by atoms with Crippen LogP contribution in [0, 0.1) is 4.77 Å². The smallest absolute Gasteiger partial charge is 0.214 e. The van der Waals surface area contributed by atoms with E-state index < -0.39 is 0 Å². The average molecular weight is 468 g/mol. The van der Waals surface area contributed by atoms with Gasteiger partial charge in [0.15, 0.2) is 5.82 Å². The molecule has 1 heterocycles. The number of hydrogen-bond acceptors (Lipinski definition) is 4. The first-order valence-electron chi connectivity index (χ1n) is 8.62. The summed E-state index contributed by atoms with van der Waals surface area (Å²) in [4.78, 5) is 0. The molecule has 1 aromatic heterocycles. The van der Waals surface area contributed by atoms with Gasteiger partial charge in [-0.2, -0.15) is 5.10 Å². The Kier molecular flexibility index (Phi) is 6.93. The fourth-order valence-corrected chi connectivity index (χ4v) is 3.37. The van der Waals surface area contributed by atoms with Crippen LogP contribution in [-0.2, 0) is 19.6 Å². The number of halogens is 2. The van der Waals surface area contributed by atoms with E-state index >= 15 is 0 Å². The second kappa shape index (κ2) is 9.39. The molecule has 3 aromatic rings. The zero-order chi connectivity index (χ0) is 19.2. The van der Waals surface area contributed by atoms with Gasteiger partial charge in [0.05, 0.1) is 6.54 Å². The maximum atomic E-state index is 6.03. The molecule has 2 aromatic carbocycles. The van der Waals surface area contributed by atoms with Crippen LogP contribution in [0.1, 0.15) is 30.3 Å². The Morgan fingerprint density at radius 1 is 1.26 bits per heavy atom. The Morgan fingerprint density at radius 3 is 2.78 bits per heavy atom. The number of aromatic amines is 1. The Hall–Kier alpha value is -1.83. The number of benzene rings is 2. The van der Waals surface area contributed by atoms with Crippen molar-refractivity contribution in [2.45, 2.75) is 32.9 Å². The van der Waals surface area contributed by atoms with Crippen molar-refractivity contribution in [3.05, 3.63) is 73.7 Å². The predicted octanol–water partition coefficient (Wildman–Crippen LogP) is 5.63. The molecule has 0 bridgehead atoms. The van der Waals surface area contributed by atoms with E-state index in [0.717, 1.165) is 40.0 Å². The molecular weight excluding hydrogens is 448 g/mol. The number of rotatable bonds is 8. The minimum Gasteiger partial charge on any atom is -0.489 e. The van der Waals surface area contributed by atoms with Gasteiger partial charge in [-0.25, -0.2) is 4.68 Å². The lowest BCUT2D eigenvalue weighted by Gasteiger charge is -2.15. The van der Waals surface area contributed by atoms with E-state index in [0.29, 0.717) is 22.9 Å². The van der Waals surface area contributed by atoms with Crippen molar-refractivity contribution in [1.82, 2.24) is 14.9 Å². The molecule has 0 radical (unpaired) electrons. The van der Waals surface area contributed by atoms with Gasteiger partial charge in [-0.1, -0.05) is 46.6 Å². The number of hydrogen-bond donors (Lipinski definition) is 2. The second-order valence-corrected chi connectivity index (χ2v) is 7.77. The van der Waals surface area contributed by atoms with Gasteiger partial charge >= 0.3 is 0 Å². The molecule has 0 atom stereocenters. The molecule has 0 aliphatic heterocycles. The maximum Gasteiger partial charge on any atom is 0.214 e. The van der Waals surface area contributed by atoms with Gasteiger partial charge in [0.25, 0.3) is 0 Å². The van der Waals surface area contributed by atoms with Gasteiger partial charge in [0, 0.05) is 21.5 Å². The molecule has 2 N–H and O–H groups in total. The Balaban J connectivity index is 1.73. The van der Waals surface area contributed by atoms with Crippen molar-refractivity contribution < 1.29 is 4.74 Å². The predicted molar refractivity (Wildman–Crippen MR) is 114 cm³/mol. The first-order chi connectivity index (χ1) is 13.1. The summed E-state index contributed by atoms with van der Waals surface area (Å²) >= 11 is 14.8. The Bertz CT molecular complexity index is 955. The van der Waals surface area contributed by atoms with Crippen LogP contribution in [0.15, 0.2) is 46.9 Å². The van der Waals surface area contributed by atoms with Crippen molar-refractivity contribution in [3.8, 4) is 5.75 Å². The molecule has 142 valence electrons. The minimum atomic E-state index is 0.470. The number of nitrogens with one attached hydrogen (secondary N) is 2. The van der Waals surface area contributed by atoms with Gasteiger partial charge in [0.1, 0.15) is 12.4 Å². The average Bonchev–Trinajstić information content (AvgIpc) is 3.00. The standard InChI is InChI=1S/C19H20BrClN4OS/c1-2-3-18-23-24-19(27)25(18)22-11-14-10-15(20)6-9-17(14)26-12-13-4-7-16(21)8-5-13/h4-10,22H,2-3,11-12H2,1H3,(H,24,27). The second-order valence-electron chi connectivity index (χ2n) is 6.03. The fourth-order valence-electron chi connectivity index (χ4n) is 2.62. The van der Waals surface area contributed by atoms with Crippen LogP contribution in [0.25, 0.3) is 0 Å². The van der Waals surface area contributed by atoms with E-state index in [-0.39, 0.29) is 0 Å². The third kappa shape index (κ3) is 5.34. The van der Waals surface area contributed by atoms with E-state index in [1.165, 1.54) is 0 Å². The molecule has 3 rings (SSSR count). The van der Waals surface area contributed by atoms with Crippen LogP contribution in [0.3, 0.4) is 0 Å². The van der Waals surface area contributed by atoms with Crippen molar-refractivity contribution in [3.63, 3.8) is 0 Å². The summed E-state index contributed by atoms with van der Waals surface area (Å²) in [5, 5.41) is 7.83. The van der Waals surface area contributed by atoms with E-state index in [9.17, 15) is 0 Å². The molecule has 8 heteroatoms. The zero-order valence-electron chi connectivity index (χ0n) is 14.8. The monoisotopic (exact) mass is 466 g/mol. The minimum absolute atomic E-state index is 0.470. The Morgan fingerprint density at radius 2 is 2.04 bits per heavy atom. The van der Waals surface area contributed by atoms with Crippen molar-refractivity contribution >= 4 is 39.7 Å². The highest BCUT2D eigenvalue weighted by molar-refractivity contribution is 9.10. The normalized spacial score (nSPS) is 10.8. The molecular formula is C19H20BrClN4OS. The van der Waals surface area contributed by atoms with E-state index in [1.54, 1.807) is 0 Å². The number of aromatic nitrogens is 3. The highest BCUT2D eigenvalue weighted by Crippen LogP contribution is 2.24. The first-order valence-corrected chi connectivity index (χ1v) is 10.2. The lowest BCUT2D eigenvalue weighted by atomic mass is 10.2. The van der Waals surface area contributed by atoms with Gasteiger partial charge < -0.3 is 10.2 Å². The van der Waals surface area contributed by atoms with E-state index in [4.69, 9.17) is 28.6 Å². The summed E-state index contributed by atoms with van der Waals surface area (Å²) in [6, 6.07) is 13.6. The highest BCUT2D eigenvalue weighted by atomic mass is 79.9. The first kappa shape index (κ1) is 19.9. The number of H-pyrrole nitrogens is 1. The number of ether oxygens (including phenoxy) is 1. The molecule has 0 saturated carbocycles. The van der Waals surface area contributed by atoms with Crippen LogP contribution >= 0.6 is 39.7 Å². The van der Waals surface area contributed by atoms with Gasteiger partial charge in [-0.3, -0.25) is 5.10 Å². The lowest BCUT2D eigenvalue weighted by molar-refractivity contribution is 0.303. The summed E-state index contributed by atoms with van der Waals surface area (Å²) in [5.74, 6) is 1.70. The molecule has 0 aliphatic rings. The molecule has 0 saturated heterocycles. The molecule has 27 heavy (non-hydrogen) atoms. The lowest BCUT2D eigenvalue weighted by Crippen LogP contribution is -2.18. The molecule has 0 amide bonds. The summed E-state index contributed by atoms with van der Waals surface area (Å²) in [6.07, 6.45) is 1.84. The molecule has 0 unspecified atom stereocenters. The van der Waals surface area contributed by atoms with Crippen molar-refractivity contribution in [2.24, 2.45) is 0 Å². The number of aryl methyl sites for hydroxylation is 1. The van der Waals surface area contributed by atoms with Crippen molar-refractivity contribution in [2.75, 3.05) is 5.43 Å². The SMILES string of the molecule is CCCc1n[nH]c(=S)n1NCc1cc(Br)ccc1OCc1ccc(Cl)cc1. The third-order valence-electron chi connectivity index (χ3n) is 3.97. The van der Waals surface area contributed by atoms with Crippen LogP contribution in [0.4, 0.5) is 0 Å². The van der Waals surface area contributed by atoms with Crippen molar-refractivity contribution in [1.29, 1.82) is 0 Å². The number of nitrogens with zero attached hydrogens (tertiary/aromatic N) is 2. The fraction of sp³-hybridized carbons (Fsp3) is 0.263.